The first-order chi connectivity index (χ1) is 12.2. The van der Waals surface area contributed by atoms with Crippen molar-refractivity contribution in [3.05, 3.63) is 53.9 Å². The van der Waals surface area contributed by atoms with Gasteiger partial charge in [0.25, 0.3) is 0 Å². The normalized spacial score (nSPS) is 17.7. The Hall–Kier alpha value is -2.54. The SMILES string of the molecule is Cc1nc(C2CCN(C(C)c3cn(-c4ccccc4)nn3)CC2)n[nH]1. The van der Waals surface area contributed by atoms with Crippen molar-refractivity contribution in [1.82, 2.24) is 35.1 Å². The van der Waals surface area contributed by atoms with E-state index in [0.29, 0.717) is 5.92 Å². The van der Waals surface area contributed by atoms with E-state index < -0.39 is 0 Å². The van der Waals surface area contributed by atoms with Crippen LogP contribution < -0.4 is 0 Å². The van der Waals surface area contributed by atoms with Gasteiger partial charge in [-0.25, -0.2) is 9.67 Å². The minimum atomic E-state index is 0.257. The summed E-state index contributed by atoms with van der Waals surface area (Å²) in [6.45, 7) is 6.20. The van der Waals surface area contributed by atoms with Gasteiger partial charge in [-0.05, 0) is 51.9 Å². The molecule has 0 saturated carbocycles. The number of aromatic nitrogens is 6. The van der Waals surface area contributed by atoms with Gasteiger partial charge in [0, 0.05) is 5.92 Å². The average molecular weight is 337 g/mol. The number of benzene rings is 1. The van der Waals surface area contributed by atoms with E-state index in [-0.39, 0.29) is 6.04 Å². The zero-order valence-electron chi connectivity index (χ0n) is 14.6. The Morgan fingerprint density at radius 3 is 2.60 bits per heavy atom. The zero-order valence-corrected chi connectivity index (χ0v) is 14.6. The van der Waals surface area contributed by atoms with Crippen LogP contribution in [0.4, 0.5) is 0 Å². The molecule has 1 saturated heterocycles. The monoisotopic (exact) mass is 337 g/mol. The molecule has 7 heteroatoms. The second-order valence-electron chi connectivity index (χ2n) is 6.69. The first-order valence-electron chi connectivity index (χ1n) is 8.81. The van der Waals surface area contributed by atoms with Crippen LogP contribution in [0.3, 0.4) is 0 Å². The van der Waals surface area contributed by atoms with Gasteiger partial charge in [-0.2, -0.15) is 5.10 Å². The number of H-pyrrole nitrogens is 1. The van der Waals surface area contributed by atoms with Crippen molar-refractivity contribution in [2.45, 2.75) is 38.6 Å². The maximum Gasteiger partial charge on any atom is 0.153 e. The Morgan fingerprint density at radius 2 is 1.92 bits per heavy atom. The van der Waals surface area contributed by atoms with Crippen molar-refractivity contribution in [2.75, 3.05) is 13.1 Å². The van der Waals surface area contributed by atoms with Gasteiger partial charge in [0.1, 0.15) is 5.82 Å². The molecule has 1 N–H and O–H groups in total. The van der Waals surface area contributed by atoms with Crippen LogP contribution in [0.25, 0.3) is 5.69 Å². The van der Waals surface area contributed by atoms with E-state index in [1.54, 1.807) is 0 Å². The molecule has 0 aliphatic carbocycles. The van der Waals surface area contributed by atoms with Crippen LogP contribution in [0.15, 0.2) is 36.5 Å². The predicted octanol–water partition coefficient (Wildman–Crippen LogP) is 2.63. The van der Waals surface area contributed by atoms with E-state index in [4.69, 9.17) is 0 Å². The van der Waals surface area contributed by atoms with Gasteiger partial charge in [0.05, 0.1) is 23.6 Å². The molecule has 0 radical (unpaired) electrons. The molecule has 1 atom stereocenters. The summed E-state index contributed by atoms with van der Waals surface area (Å²) in [5, 5.41) is 15.9. The average Bonchev–Trinajstić information content (AvgIpc) is 3.31. The smallest absolute Gasteiger partial charge is 0.153 e. The van der Waals surface area contributed by atoms with Crippen molar-refractivity contribution in [2.24, 2.45) is 0 Å². The fourth-order valence-electron chi connectivity index (χ4n) is 3.45. The molecule has 2 aromatic heterocycles. The number of piperidine rings is 1. The minimum Gasteiger partial charge on any atom is -0.295 e. The minimum absolute atomic E-state index is 0.257. The lowest BCUT2D eigenvalue weighted by Crippen LogP contribution is -2.35. The summed E-state index contributed by atoms with van der Waals surface area (Å²) in [4.78, 5) is 6.96. The fraction of sp³-hybridized carbons (Fsp3) is 0.444. The first-order valence-corrected chi connectivity index (χ1v) is 8.81. The lowest BCUT2D eigenvalue weighted by molar-refractivity contribution is 0.157. The lowest BCUT2D eigenvalue weighted by atomic mass is 9.95. The molecule has 0 amide bonds. The quantitative estimate of drug-likeness (QED) is 0.792. The fourth-order valence-corrected chi connectivity index (χ4v) is 3.45. The topological polar surface area (TPSA) is 75.5 Å². The molecule has 1 aromatic carbocycles. The molecule has 1 aliphatic heterocycles. The molecular weight excluding hydrogens is 314 g/mol. The van der Waals surface area contributed by atoms with Crippen LogP contribution in [0.5, 0.6) is 0 Å². The number of aromatic amines is 1. The third-order valence-electron chi connectivity index (χ3n) is 5.02. The van der Waals surface area contributed by atoms with Gasteiger partial charge < -0.3 is 0 Å². The summed E-state index contributed by atoms with van der Waals surface area (Å²) in [5.41, 5.74) is 2.04. The summed E-state index contributed by atoms with van der Waals surface area (Å²) in [6, 6.07) is 10.4. The van der Waals surface area contributed by atoms with E-state index in [9.17, 15) is 0 Å². The standard InChI is InChI=1S/C18H23N7/c1-13(17-12-25(23-21-17)16-6-4-3-5-7-16)24-10-8-15(9-11-24)18-19-14(2)20-22-18/h3-7,12-13,15H,8-11H2,1-2H3,(H,19,20,22). The number of aryl methyl sites for hydroxylation is 1. The van der Waals surface area contributed by atoms with Crippen molar-refractivity contribution in [3.8, 4) is 5.69 Å². The van der Waals surface area contributed by atoms with E-state index in [1.165, 1.54) is 0 Å². The second-order valence-corrected chi connectivity index (χ2v) is 6.69. The summed E-state index contributed by atoms with van der Waals surface area (Å²) in [5.74, 6) is 2.30. The highest BCUT2D eigenvalue weighted by atomic mass is 15.4. The Kier molecular flexibility index (Phi) is 4.31. The Labute approximate surface area is 147 Å². The lowest BCUT2D eigenvalue weighted by Gasteiger charge is -2.34. The van der Waals surface area contributed by atoms with Gasteiger partial charge in [-0.3, -0.25) is 10.00 Å². The molecular formula is C18H23N7. The molecule has 7 nitrogen and oxygen atoms in total. The van der Waals surface area contributed by atoms with Crippen LogP contribution in [-0.4, -0.2) is 48.2 Å². The van der Waals surface area contributed by atoms with Crippen molar-refractivity contribution in [1.29, 1.82) is 0 Å². The molecule has 3 heterocycles. The number of hydrogen-bond acceptors (Lipinski definition) is 5. The molecule has 4 rings (SSSR count). The number of rotatable bonds is 4. The molecule has 130 valence electrons. The van der Waals surface area contributed by atoms with Gasteiger partial charge in [-0.15, -0.1) is 5.10 Å². The maximum absolute atomic E-state index is 4.49. The Balaban J connectivity index is 1.41. The highest BCUT2D eigenvalue weighted by molar-refractivity contribution is 5.30. The van der Waals surface area contributed by atoms with E-state index >= 15 is 0 Å². The largest absolute Gasteiger partial charge is 0.295 e. The Bertz CT molecular complexity index is 815. The van der Waals surface area contributed by atoms with Crippen LogP contribution >= 0.6 is 0 Å². The second kappa shape index (κ2) is 6.76. The molecule has 3 aromatic rings. The van der Waals surface area contributed by atoms with E-state index in [0.717, 1.165) is 49.0 Å². The summed E-state index contributed by atoms with van der Waals surface area (Å²) < 4.78 is 1.84. The van der Waals surface area contributed by atoms with Gasteiger partial charge in [0.15, 0.2) is 5.82 Å². The van der Waals surface area contributed by atoms with Gasteiger partial charge >= 0.3 is 0 Å². The number of para-hydroxylation sites is 1. The Morgan fingerprint density at radius 1 is 1.16 bits per heavy atom. The van der Waals surface area contributed by atoms with Crippen molar-refractivity contribution >= 4 is 0 Å². The molecule has 1 unspecified atom stereocenters. The number of hydrogen-bond donors (Lipinski definition) is 1. The van der Waals surface area contributed by atoms with Crippen LogP contribution in [-0.2, 0) is 0 Å². The maximum atomic E-state index is 4.49. The van der Waals surface area contributed by atoms with Crippen molar-refractivity contribution < 1.29 is 0 Å². The number of nitrogens with one attached hydrogen (secondary N) is 1. The third-order valence-corrected chi connectivity index (χ3v) is 5.02. The van der Waals surface area contributed by atoms with Crippen molar-refractivity contribution in [3.63, 3.8) is 0 Å². The molecule has 25 heavy (non-hydrogen) atoms. The highest BCUT2D eigenvalue weighted by Crippen LogP contribution is 2.30. The molecule has 1 fully saturated rings. The summed E-state index contributed by atoms with van der Waals surface area (Å²) in [6.07, 6.45) is 4.19. The zero-order chi connectivity index (χ0) is 17.2. The van der Waals surface area contributed by atoms with Crippen LogP contribution in [0.2, 0.25) is 0 Å². The molecule has 0 spiro atoms. The number of likely N-dealkylation sites (tertiary alicyclic amines) is 1. The van der Waals surface area contributed by atoms with Gasteiger partial charge in [-0.1, -0.05) is 23.4 Å². The summed E-state index contributed by atoms with van der Waals surface area (Å²) >= 11 is 0. The summed E-state index contributed by atoms with van der Waals surface area (Å²) in [7, 11) is 0. The van der Waals surface area contributed by atoms with E-state index in [2.05, 4.69) is 37.3 Å². The molecule has 0 bridgehead atoms. The third kappa shape index (κ3) is 3.32. The van der Waals surface area contributed by atoms with Crippen LogP contribution in [0, 0.1) is 6.92 Å². The first kappa shape index (κ1) is 16.0. The molecule has 1 aliphatic rings. The highest BCUT2D eigenvalue weighted by Gasteiger charge is 2.27. The predicted molar refractivity (Wildman–Crippen MR) is 94.4 cm³/mol. The number of nitrogens with zero attached hydrogens (tertiary/aromatic N) is 6. The van der Waals surface area contributed by atoms with E-state index in [1.807, 2.05) is 48.1 Å². The van der Waals surface area contributed by atoms with Crippen LogP contribution in [0.1, 0.15) is 49.1 Å². The van der Waals surface area contributed by atoms with Gasteiger partial charge in [0.2, 0.25) is 0 Å².